The van der Waals surface area contributed by atoms with E-state index in [9.17, 15) is 19.7 Å². The Morgan fingerprint density at radius 1 is 1.11 bits per heavy atom. The first-order valence-electron chi connectivity index (χ1n) is 9.12. The molecule has 2 amide bonds. The zero-order valence-corrected chi connectivity index (χ0v) is 15.6. The lowest BCUT2D eigenvalue weighted by Gasteiger charge is -2.17. The van der Waals surface area contributed by atoms with Crippen LogP contribution in [0.1, 0.15) is 28.8 Å². The molecule has 2 N–H and O–H groups in total. The van der Waals surface area contributed by atoms with Crippen molar-refractivity contribution in [1.29, 1.82) is 0 Å². The van der Waals surface area contributed by atoms with E-state index in [2.05, 4.69) is 15.5 Å². The number of nitrogens with one attached hydrogen (secondary N) is 2. The molecule has 0 bridgehead atoms. The minimum absolute atomic E-state index is 0.0494. The average molecular weight is 382 g/mol. The Morgan fingerprint density at radius 3 is 2.39 bits per heavy atom. The second kappa shape index (κ2) is 8.51. The van der Waals surface area contributed by atoms with E-state index in [4.69, 9.17) is 0 Å². The van der Waals surface area contributed by atoms with Gasteiger partial charge >= 0.3 is 0 Å². The molecule has 1 aliphatic heterocycles. The summed E-state index contributed by atoms with van der Waals surface area (Å²) in [5.41, 5.74) is 2.41. The molecule has 0 aromatic heterocycles. The maximum atomic E-state index is 12.2. The van der Waals surface area contributed by atoms with Crippen molar-refractivity contribution in [2.24, 2.45) is 0 Å². The fraction of sp³-hybridized carbons (Fsp3) is 0.300. The van der Waals surface area contributed by atoms with Gasteiger partial charge in [-0.25, -0.2) is 0 Å². The third kappa shape index (κ3) is 4.64. The zero-order valence-electron chi connectivity index (χ0n) is 15.6. The van der Waals surface area contributed by atoms with E-state index in [1.807, 2.05) is 24.3 Å². The van der Waals surface area contributed by atoms with Crippen molar-refractivity contribution < 1.29 is 14.5 Å². The summed E-state index contributed by atoms with van der Waals surface area (Å²) in [6.45, 7) is 3.48. The van der Waals surface area contributed by atoms with E-state index in [-0.39, 0.29) is 23.7 Å². The highest BCUT2D eigenvalue weighted by Gasteiger charge is 2.15. The Kier molecular flexibility index (Phi) is 5.88. The van der Waals surface area contributed by atoms with Gasteiger partial charge in [-0.15, -0.1) is 0 Å². The molecule has 3 rings (SSSR count). The molecule has 1 saturated heterocycles. The van der Waals surface area contributed by atoms with Crippen molar-refractivity contribution in [3.8, 4) is 0 Å². The molecule has 1 heterocycles. The van der Waals surface area contributed by atoms with Crippen molar-refractivity contribution in [2.75, 3.05) is 29.9 Å². The number of anilines is 2. The first-order chi connectivity index (χ1) is 13.4. The second-order valence-electron chi connectivity index (χ2n) is 6.73. The molecule has 28 heavy (non-hydrogen) atoms. The van der Waals surface area contributed by atoms with Gasteiger partial charge in [0.05, 0.1) is 11.5 Å². The van der Waals surface area contributed by atoms with E-state index in [1.165, 1.54) is 31.0 Å². The van der Waals surface area contributed by atoms with Crippen LogP contribution >= 0.6 is 0 Å². The van der Waals surface area contributed by atoms with Crippen LogP contribution in [0.25, 0.3) is 0 Å². The standard InChI is InChI=1S/C20H22N4O4/c1-14-12-15(4-9-18(14)24(27)28)20(26)21-13-19(25)22-16-5-7-17(8-6-16)23-10-2-3-11-23/h4-9,12H,2-3,10-11,13H2,1H3,(H,21,26)(H,22,25). The predicted molar refractivity (Wildman–Crippen MR) is 107 cm³/mol. The van der Waals surface area contributed by atoms with Gasteiger partial charge in [0.15, 0.2) is 0 Å². The van der Waals surface area contributed by atoms with Crippen LogP contribution in [0.5, 0.6) is 0 Å². The summed E-state index contributed by atoms with van der Waals surface area (Å²) in [5.74, 6) is -0.807. The van der Waals surface area contributed by atoms with Gasteiger partial charge in [-0.2, -0.15) is 0 Å². The lowest BCUT2D eigenvalue weighted by Crippen LogP contribution is -2.32. The summed E-state index contributed by atoms with van der Waals surface area (Å²) in [6, 6.07) is 11.7. The normalized spacial score (nSPS) is 13.2. The molecule has 8 nitrogen and oxygen atoms in total. The molecular weight excluding hydrogens is 360 g/mol. The average Bonchev–Trinajstić information content (AvgIpc) is 3.21. The summed E-state index contributed by atoms with van der Waals surface area (Å²) in [7, 11) is 0. The number of aryl methyl sites for hydroxylation is 1. The van der Waals surface area contributed by atoms with Crippen LogP contribution in [0.3, 0.4) is 0 Å². The van der Waals surface area contributed by atoms with Gasteiger partial charge < -0.3 is 15.5 Å². The first-order valence-corrected chi connectivity index (χ1v) is 9.12. The number of nitro benzene ring substituents is 1. The number of benzene rings is 2. The van der Waals surface area contributed by atoms with E-state index < -0.39 is 10.8 Å². The SMILES string of the molecule is Cc1cc(C(=O)NCC(=O)Nc2ccc(N3CCCC3)cc2)ccc1[N+](=O)[O-]. The molecule has 0 atom stereocenters. The number of rotatable bonds is 6. The maximum Gasteiger partial charge on any atom is 0.272 e. The van der Waals surface area contributed by atoms with Crippen LogP contribution in [-0.2, 0) is 4.79 Å². The molecule has 8 heteroatoms. The highest BCUT2D eigenvalue weighted by atomic mass is 16.6. The number of nitrogens with zero attached hydrogens (tertiary/aromatic N) is 2. The van der Waals surface area contributed by atoms with Gasteiger partial charge in [0, 0.05) is 41.7 Å². The van der Waals surface area contributed by atoms with Crippen LogP contribution in [0, 0.1) is 17.0 Å². The molecular formula is C20H22N4O4. The second-order valence-corrected chi connectivity index (χ2v) is 6.73. The fourth-order valence-electron chi connectivity index (χ4n) is 3.20. The highest BCUT2D eigenvalue weighted by molar-refractivity contribution is 5.99. The lowest BCUT2D eigenvalue weighted by atomic mass is 10.1. The molecule has 0 spiro atoms. The molecule has 2 aromatic carbocycles. The Balaban J connectivity index is 1.51. The van der Waals surface area contributed by atoms with Crippen LogP contribution in [0.4, 0.5) is 17.1 Å². The van der Waals surface area contributed by atoms with Crippen molar-refractivity contribution in [1.82, 2.24) is 5.32 Å². The van der Waals surface area contributed by atoms with Crippen LogP contribution < -0.4 is 15.5 Å². The molecule has 2 aromatic rings. The van der Waals surface area contributed by atoms with E-state index in [1.54, 1.807) is 6.92 Å². The smallest absolute Gasteiger partial charge is 0.272 e. The van der Waals surface area contributed by atoms with Crippen LogP contribution in [0.15, 0.2) is 42.5 Å². The Bertz CT molecular complexity index is 890. The largest absolute Gasteiger partial charge is 0.372 e. The topological polar surface area (TPSA) is 105 Å². The summed E-state index contributed by atoms with van der Waals surface area (Å²) >= 11 is 0. The molecule has 1 fully saturated rings. The lowest BCUT2D eigenvalue weighted by molar-refractivity contribution is -0.385. The summed E-state index contributed by atoms with van der Waals surface area (Å²) in [6.07, 6.45) is 2.40. The third-order valence-corrected chi connectivity index (χ3v) is 4.69. The van der Waals surface area contributed by atoms with Gasteiger partial charge in [0.2, 0.25) is 5.91 Å². The Morgan fingerprint density at radius 2 is 1.79 bits per heavy atom. The third-order valence-electron chi connectivity index (χ3n) is 4.69. The number of hydrogen-bond donors (Lipinski definition) is 2. The van der Waals surface area contributed by atoms with Crippen molar-refractivity contribution >= 4 is 28.9 Å². The maximum absolute atomic E-state index is 12.2. The molecule has 0 unspecified atom stereocenters. The molecule has 146 valence electrons. The van der Waals surface area contributed by atoms with Crippen molar-refractivity contribution in [3.05, 3.63) is 63.7 Å². The number of hydrogen-bond acceptors (Lipinski definition) is 5. The van der Waals surface area contributed by atoms with Crippen molar-refractivity contribution in [3.63, 3.8) is 0 Å². The number of carbonyl (C=O) groups excluding carboxylic acids is 2. The van der Waals surface area contributed by atoms with Gasteiger partial charge in [0.1, 0.15) is 0 Å². The fourth-order valence-corrected chi connectivity index (χ4v) is 3.20. The molecule has 0 aliphatic carbocycles. The Hall–Kier alpha value is -3.42. The minimum Gasteiger partial charge on any atom is -0.372 e. The zero-order chi connectivity index (χ0) is 20.1. The van der Waals surface area contributed by atoms with Gasteiger partial charge in [-0.3, -0.25) is 19.7 Å². The van der Waals surface area contributed by atoms with Gasteiger partial charge in [-0.1, -0.05) is 0 Å². The van der Waals surface area contributed by atoms with Gasteiger partial charge in [0.25, 0.3) is 11.6 Å². The quantitative estimate of drug-likeness (QED) is 0.590. The number of carbonyl (C=O) groups is 2. The molecule has 0 radical (unpaired) electrons. The Labute approximate surface area is 162 Å². The summed E-state index contributed by atoms with van der Waals surface area (Å²) in [4.78, 5) is 36.9. The number of nitro groups is 1. The van der Waals surface area contributed by atoms with Crippen molar-refractivity contribution in [2.45, 2.75) is 19.8 Å². The van der Waals surface area contributed by atoms with Gasteiger partial charge in [-0.05, 0) is 56.2 Å². The minimum atomic E-state index is -0.501. The van der Waals surface area contributed by atoms with Crippen LogP contribution in [-0.4, -0.2) is 36.4 Å². The summed E-state index contributed by atoms with van der Waals surface area (Å²) in [5, 5.41) is 16.1. The predicted octanol–water partition coefficient (Wildman–Crippen LogP) is 2.87. The highest BCUT2D eigenvalue weighted by Crippen LogP contribution is 2.22. The molecule has 0 saturated carbocycles. The monoisotopic (exact) mass is 382 g/mol. The van der Waals surface area contributed by atoms with E-state index in [0.29, 0.717) is 11.3 Å². The van der Waals surface area contributed by atoms with E-state index >= 15 is 0 Å². The number of amides is 2. The van der Waals surface area contributed by atoms with E-state index in [0.717, 1.165) is 18.8 Å². The summed E-state index contributed by atoms with van der Waals surface area (Å²) < 4.78 is 0. The first kappa shape index (κ1) is 19.3. The molecule has 1 aliphatic rings. The van der Waals surface area contributed by atoms with Crippen LogP contribution in [0.2, 0.25) is 0 Å².